The van der Waals surface area contributed by atoms with Crippen LogP contribution in [-0.2, 0) is 5.75 Å². The molecule has 0 saturated heterocycles. The van der Waals surface area contributed by atoms with Crippen molar-refractivity contribution in [2.45, 2.75) is 10.6 Å². The summed E-state index contributed by atoms with van der Waals surface area (Å²) in [5, 5.41) is 11.5. The van der Waals surface area contributed by atoms with E-state index in [4.69, 9.17) is 10.9 Å². The summed E-state index contributed by atoms with van der Waals surface area (Å²) in [7, 11) is 0. The Balaban J connectivity index is 1.98. The van der Waals surface area contributed by atoms with Crippen molar-refractivity contribution in [2.24, 2.45) is 10.9 Å². The molecule has 0 aliphatic carbocycles. The van der Waals surface area contributed by atoms with Crippen LogP contribution >= 0.6 is 11.8 Å². The van der Waals surface area contributed by atoms with Crippen LogP contribution in [0.1, 0.15) is 11.1 Å². The molecule has 0 saturated carbocycles. The van der Waals surface area contributed by atoms with Crippen molar-refractivity contribution >= 4 is 17.6 Å². The Morgan fingerprint density at radius 1 is 1.11 bits per heavy atom. The Hall–Kier alpha value is -2.01. The summed E-state index contributed by atoms with van der Waals surface area (Å²) in [6.07, 6.45) is 0. The minimum Gasteiger partial charge on any atom is -0.409 e. The SMILES string of the molecule is N/C(=N\O)c1ccc(CSc2ccc(F)cc2)cc1. The number of nitrogens with two attached hydrogens (primary N) is 1. The molecule has 5 heteroatoms. The van der Waals surface area contributed by atoms with E-state index in [0.29, 0.717) is 5.56 Å². The first-order chi connectivity index (χ1) is 9.19. The molecule has 19 heavy (non-hydrogen) atoms. The van der Waals surface area contributed by atoms with Gasteiger partial charge in [0.25, 0.3) is 0 Å². The van der Waals surface area contributed by atoms with Crippen molar-refractivity contribution < 1.29 is 9.60 Å². The highest BCUT2D eigenvalue weighted by Gasteiger charge is 2.00. The van der Waals surface area contributed by atoms with E-state index in [1.165, 1.54) is 12.1 Å². The number of nitrogens with zero attached hydrogens (tertiary/aromatic N) is 1. The lowest BCUT2D eigenvalue weighted by molar-refractivity contribution is 0.318. The molecule has 0 atom stereocenters. The van der Waals surface area contributed by atoms with Gasteiger partial charge in [-0.25, -0.2) is 4.39 Å². The minimum atomic E-state index is -0.229. The number of hydrogen-bond acceptors (Lipinski definition) is 3. The van der Waals surface area contributed by atoms with E-state index < -0.39 is 0 Å². The molecule has 0 aromatic heterocycles. The van der Waals surface area contributed by atoms with Crippen molar-refractivity contribution in [3.8, 4) is 0 Å². The smallest absolute Gasteiger partial charge is 0.170 e. The first kappa shape index (κ1) is 13.4. The largest absolute Gasteiger partial charge is 0.409 e. The second-order valence-electron chi connectivity index (χ2n) is 3.92. The maximum absolute atomic E-state index is 12.8. The van der Waals surface area contributed by atoms with Gasteiger partial charge in [0.2, 0.25) is 0 Å². The molecule has 0 bridgehead atoms. The summed E-state index contributed by atoms with van der Waals surface area (Å²) in [6.45, 7) is 0. The summed E-state index contributed by atoms with van der Waals surface area (Å²) in [5.41, 5.74) is 7.28. The van der Waals surface area contributed by atoms with E-state index in [9.17, 15) is 4.39 Å². The first-order valence-electron chi connectivity index (χ1n) is 5.64. The summed E-state index contributed by atoms with van der Waals surface area (Å²) >= 11 is 1.62. The topological polar surface area (TPSA) is 58.6 Å². The molecule has 0 amide bonds. The van der Waals surface area contributed by atoms with Crippen LogP contribution < -0.4 is 5.73 Å². The first-order valence-corrected chi connectivity index (χ1v) is 6.63. The van der Waals surface area contributed by atoms with E-state index in [1.54, 1.807) is 36.0 Å². The van der Waals surface area contributed by atoms with Crippen LogP contribution in [0.25, 0.3) is 0 Å². The monoisotopic (exact) mass is 276 g/mol. The number of thioether (sulfide) groups is 1. The summed E-state index contributed by atoms with van der Waals surface area (Å²) < 4.78 is 12.8. The number of rotatable bonds is 4. The highest BCUT2D eigenvalue weighted by atomic mass is 32.2. The zero-order valence-electron chi connectivity index (χ0n) is 10.1. The van der Waals surface area contributed by atoms with Gasteiger partial charge in [0.15, 0.2) is 5.84 Å². The summed E-state index contributed by atoms with van der Waals surface area (Å²) in [6, 6.07) is 13.8. The third-order valence-corrected chi connectivity index (χ3v) is 3.66. The predicted molar refractivity (Wildman–Crippen MR) is 74.9 cm³/mol. The quantitative estimate of drug-likeness (QED) is 0.296. The average molecular weight is 276 g/mol. The lowest BCUT2D eigenvalue weighted by atomic mass is 10.1. The Labute approximate surface area is 114 Å². The molecule has 2 rings (SSSR count). The van der Waals surface area contributed by atoms with Gasteiger partial charge in [-0.15, -0.1) is 11.8 Å². The molecule has 0 radical (unpaired) electrons. The molecule has 2 aromatic carbocycles. The number of amidine groups is 1. The van der Waals surface area contributed by atoms with Gasteiger partial charge in [-0.3, -0.25) is 0 Å². The molecule has 0 spiro atoms. The van der Waals surface area contributed by atoms with Gasteiger partial charge < -0.3 is 10.9 Å². The van der Waals surface area contributed by atoms with Crippen molar-refractivity contribution in [2.75, 3.05) is 0 Å². The molecule has 98 valence electrons. The second-order valence-corrected chi connectivity index (χ2v) is 4.97. The fraction of sp³-hybridized carbons (Fsp3) is 0.0714. The van der Waals surface area contributed by atoms with Crippen molar-refractivity contribution in [3.63, 3.8) is 0 Å². The highest BCUT2D eigenvalue weighted by Crippen LogP contribution is 2.23. The van der Waals surface area contributed by atoms with Crippen LogP contribution in [0.3, 0.4) is 0 Å². The maximum atomic E-state index is 12.8. The third-order valence-electron chi connectivity index (χ3n) is 2.58. The van der Waals surface area contributed by atoms with Crippen LogP contribution in [0.4, 0.5) is 4.39 Å². The third kappa shape index (κ3) is 3.72. The van der Waals surface area contributed by atoms with Crippen LogP contribution in [0.5, 0.6) is 0 Å². The molecular weight excluding hydrogens is 263 g/mol. The van der Waals surface area contributed by atoms with Gasteiger partial charge in [-0.05, 0) is 29.8 Å². The second kappa shape index (κ2) is 6.24. The molecule has 0 unspecified atom stereocenters. The van der Waals surface area contributed by atoms with Gasteiger partial charge in [0.1, 0.15) is 5.82 Å². The Bertz CT molecular complexity index is 567. The molecule has 0 fully saturated rings. The number of hydrogen-bond donors (Lipinski definition) is 2. The van der Waals surface area contributed by atoms with Crippen LogP contribution in [0.2, 0.25) is 0 Å². The predicted octanol–water partition coefficient (Wildman–Crippen LogP) is 3.21. The lowest BCUT2D eigenvalue weighted by Gasteiger charge is -2.04. The Morgan fingerprint density at radius 3 is 2.32 bits per heavy atom. The molecule has 3 N–H and O–H groups in total. The van der Waals surface area contributed by atoms with Crippen molar-refractivity contribution in [1.82, 2.24) is 0 Å². The molecule has 0 aliphatic rings. The molecular formula is C14H13FN2OS. The molecule has 3 nitrogen and oxygen atoms in total. The zero-order valence-corrected chi connectivity index (χ0v) is 10.9. The Kier molecular flexibility index (Phi) is 4.41. The van der Waals surface area contributed by atoms with E-state index >= 15 is 0 Å². The van der Waals surface area contributed by atoms with Crippen LogP contribution in [0, 0.1) is 5.82 Å². The van der Waals surface area contributed by atoms with E-state index in [-0.39, 0.29) is 11.7 Å². The fourth-order valence-corrected chi connectivity index (χ4v) is 2.38. The molecule has 0 aliphatic heterocycles. The standard InChI is InChI=1S/C14H13FN2OS/c15-12-5-7-13(8-6-12)19-9-10-1-3-11(4-2-10)14(16)17-18/h1-8,18H,9H2,(H2,16,17). The van der Waals surface area contributed by atoms with Gasteiger partial charge >= 0.3 is 0 Å². The zero-order chi connectivity index (χ0) is 13.7. The van der Waals surface area contributed by atoms with Gasteiger partial charge in [0.05, 0.1) is 0 Å². The summed E-state index contributed by atoms with van der Waals surface area (Å²) in [5.74, 6) is 0.646. The maximum Gasteiger partial charge on any atom is 0.170 e. The van der Waals surface area contributed by atoms with E-state index in [2.05, 4.69) is 5.16 Å². The lowest BCUT2D eigenvalue weighted by Crippen LogP contribution is -2.12. The normalized spacial score (nSPS) is 11.5. The average Bonchev–Trinajstić information content (AvgIpc) is 2.46. The van der Waals surface area contributed by atoms with Crippen LogP contribution in [0.15, 0.2) is 58.6 Å². The van der Waals surface area contributed by atoms with Gasteiger partial charge in [-0.1, -0.05) is 29.4 Å². The highest BCUT2D eigenvalue weighted by molar-refractivity contribution is 7.98. The number of benzene rings is 2. The van der Waals surface area contributed by atoms with Crippen molar-refractivity contribution in [1.29, 1.82) is 0 Å². The van der Waals surface area contributed by atoms with Crippen molar-refractivity contribution in [3.05, 3.63) is 65.5 Å². The fourth-order valence-electron chi connectivity index (χ4n) is 1.53. The number of oxime groups is 1. The van der Waals surface area contributed by atoms with Crippen LogP contribution in [-0.4, -0.2) is 11.0 Å². The van der Waals surface area contributed by atoms with Gasteiger partial charge in [-0.2, -0.15) is 0 Å². The molecule has 0 heterocycles. The minimum absolute atomic E-state index is 0.0951. The molecule has 2 aromatic rings. The number of halogens is 1. The summed E-state index contributed by atoms with van der Waals surface area (Å²) in [4.78, 5) is 1.02. The van der Waals surface area contributed by atoms with Gasteiger partial charge in [0, 0.05) is 16.2 Å². The van der Waals surface area contributed by atoms with E-state index in [0.717, 1.165) is 16.2 Å². The Morgan fingerprint density at radius 2 is 1.74 bits per heavy atom. The van der Waals surface area contributed by atoms with E-state index in [1.807, 2.05) is 12.1 Å².